The third-order valence-corrected chi connectivity index (χ3v) is 6.75. The summed E-state index contributed by atoms with van der Waals surface area (Å²) < 4.78 is 51.6. The summed E-state index contributed by atoms with van der Waals surface area (Å²) in [6, 6.07) is 14.6. The van der Waals surface area contributed by atoms with E-state index >= 15 is 0 Å². The molecule has 2 aliphatic heterocycles. The highest BCUT2D eigenvalue weighted by atomic mass is 19.4. The van der Waals surface area contributed by atoms with Crippen molar-refractivity contribution in [3.05, 3.63) is 59.7 Å². The van der Waals surface area contributed by atoms with Gasteiger partial charge in [-0.2, -0.15) is 18.4 Å². The van der Waals surface area contributed by atoms with Crippen molar-refractivity contribution in [2.75, 3.05) is 51.4 Å². The van der Waals surface area contributed by atoms with Crippen LogP contribution in [0.15, 0.2) is 48.5 Å². The molecule has 0 saturated carbocycles. The highest BCUT2D eigenvalue weighted by Crippen LogP contribution is 2.45. The number of hydrogen-bond acceptors (Lipinski definition) is 5. The minimum absolute atomic E-state index is 0.0774. The van der Waals surface area contributed by atoms with Crippen LogP contribution in [0.25, 0.3) is 0 Å². The molecule has 0 bridgehead atoms. The van der Waals surface area contributed by atoms with E-state index in [9.17, 15) is 18.0 Å². The predicted molar refractivity (Wildman–Crippen MR) is 119 cm³/mol. The van der Waals surface area contributed by atoms with Gasteiger partial charge in [0.1, 0.15) is 5.75 Å². The van der Waals surface area contributed by atoms with Crippen LogP contribution in [0.3, 0.4) is 0 Å². The Labute approximate surface area is 196 Å². The lowest BCUT2D eigenvalue weighted by molar-refractivity contribution is -0.139. The molecule has 2 atom stereocenters. The van der Waals surface area contributed by atoms with Crippen LogP contribution in [0.4, 0.5) is 18.9 Å². The predicted octanol–water partition coefficient (Wildman–Crippen LogP) is 3.96. The molecule has 34 heavy (non-hydrogen) atoms. The number of benzene rings is 2. The van der Waals surface area contributed by atoms with Crippen LogP contribution >= 0.6 is 0 Å². The van der Waals surface area contributed by atoms with Gasteiger partial charge >= 0.3 is 6.18 Å². The van der Waals surface area contributed by atoms with E-state index in [-0.39, 0.29) is 18.4 Å². The number of halogens is 3. The Bertz CT molecular complexity index is 1070. The molecule has 0 aromatic heterocycles. The second-order valence-electron chi connectivity index (χ2n) is 8.92. The zero-order valence-electron chi connectivity index (χ0n) is 18.8. The van der Waals surface area contributed by atoms with Gasteiger partial charge in [-0.3, -0.25) is 4.79 Å². The smallest absolute Gasteiger partial charge is 0.417 e. The second kappa shape index (κ2) is 9.55. The maximum Gasteiger partial charge on any atom is 0.417 e. The fraction of sp³-hybridized carbons (Fsp3) is 0.440. The number of nitriles is 1. The van der Waals surface area contributed by atoms with Gasteiger partial charge < -0.3 is 19.3 Å². The molecule has 180 valence electrons. The Morgan fingerprint density at radius 2 is 1.97 bits per heavy atom. The SMILES string of the molecule is COC[C@@]12CN(C(=O)COc3ccccc3)CC[C@@H]1CN(c1ccc(C#N)c(C(F)(F)F)c1)C2. The van der Waals surface area contributed by atoms with E-state index in [2.05, 4.69) is 0 Å². The molecule has 2 fully saturated rings. The molecule has 0 N–H and O–H groups in total. The Morgan fingerprint density at radius 1 is 1.21 bits per heavy atom. The van der Waals surface area contributed by atoms with E-state index < -0.39 is 22.7 Å². The fourth-order valence-corrected chi connectivity index (χ4v) is 5.10. The van der Waals surface area contributed by atoms with Gasteiger partial charge in [-0.05, 0) is 42.7 Å². The molecular formula is C25H26F3N3O3. The van der Waals surface area contributed by atoms with Crippen molar-refractivity contribution in [3.63, 3.8) is 0 Å². The van der Waals surface area contributed by atoms with Crippen LogP contribution in [0.1, 0.15) is 17.5 Å². The van der Waals surface area contributed by atoms with Crippen LogP contribution in [-0.2, 0) is 15.7 Å². The summed E-state index contributed by atoms with van der Waals surface area (Å²) in [5, 5.41) is 9.09. The first kappa shape index (κ1) is 23.9. The number of para-hydroxylation sites is 1. The monoisotopic (exact) mass is 473 g/mol. The fourth-order valence-electron chi connectivity index (χ4n) is 5.10. The van der Waals surface area contributed by atoms with E-state index in [1.165, 1.54) is 6.07 Å². The van der Waals surface area contributed by atoms with Gasteiger partial charge in [-0.1, -0.05) is 18.2 Å². The summed E-state index contributed by atoms with van der Waals surface area (Å²) in [4.78, 5) is 16.6. The van der Waals surface area contributed by atoms with E-state index in [1.807, 2.05) is 23.1 Å². The minimum Gasteiger partial charge on any atom is -0.484 e. The molecule has 4 rings (SSSR count). The standard InChI is InChI=1S/C25H26F3N3O3/c1-33-17-24-15-30(23(32)14-34-21-5-3-2-4-6-21)10-9-19(24)13-31(16-24)20-8-7-18(12-29)22(11-20)25(26,27)28/h2-8,11,19H,9-10,13-17H2,1H3/t19-,24+/m1/s1. The van der Waals surface area contributed by atoms with Gasteiger partial charge in [0.05, 0.1) is 23.8 Å². The quantitative estimate of drug-likeness (QED) is 0.636. The van der Waals surface area contributed by atoms with Crippen molar-refractivity contribution in [1.29, 1.82) is 5.26 Å². The first-order valence-electron chi connectivity index (χ1n) is 11.1. The second-order valence-corrected chi connectivity index (χ2v) is 8.92. The number of amides is 1. The van der Waals surface area contributed by atoms with Gasteiger partial charge in [0, 0.05) is 44.4 Å². The molecule has 1 amide bonds. The van der Waals surface area contributed by atoms with Crippen molar-refractivity contribution in [2.45, 2.75) is 12.6 Å². The van der Waals surface area contributed by atoms with Gasteiger partial charge in [-0.25, -0.2) is 0 Å². The lowest BCUT2D eigenvalue weighted by Gasteiger charge is -2.43. The molecule has 2 aromatic carbocycles. The van der Waals surface area contributed by atoms with Crippen LogP contribution in [0.2, 0.25) is 0 Å². The van der Waals surface area contributed by atoms with Crippen LogP contribution in [0.5, 0.6) is 5.75 Å². The summed E-state index contributed by atoms with van der Waals surface area (Å²) in [5.74, 6) is 0.649. The van der Waals surface area contributed by atoms with E-state index in [0.29, 0.717) is 44.2 Å². The number of methoxy groups -OCH3 is 1. The number of fused-ring (bicyclic) bond motifs is 1. The molecule has 0 radical (unpaired) electrons. The van der Waals surface area contributed by atoms with Crippen molar-refractivity contribution >= 4 is 11.6 Å². The lowest BCUT2D eigenvalue weighted by Crippen LogP contribution is -2.53. The Hall–Kier alpha value is -3.25. The maximum absolute atomic E-state index is 13.5. The number of ether oxygens (including phenoxy) is 2. The number of nitrogens with zero attached hydrogens (tertiary/aromatic N) is 3. The number of carbonyl (C=O) groups is 1. The zero-order valence-corrected chi connectivity index (χ0v) is 18.8. The number of hydrogen-bond donors (Lipinski definition) is 0. The number of likely N-dealkylation sites (tertiary alicyclic amines) is 1. The molecular weight excluding hydrogens is 447 g/mol. The van der Waals surface area contributed by atoms with Crippen LogP contribution in [-0.4, -0.2) is 57.3 Å². The topological polar surface area (TPSA) is 65.8 Å². The third-order valence-electron chi connectivity index (χ3n) is 6.75. The first-order valence-corrected chi connectivity index (χ1v) is 11.1. The molecule has 2 aliphatic rings. The number of carbonyl (C=O) groups excluding carboxylic acids is 1. The average Bonchev–Trinajstić information content (AvgIpc) is 3.21. The molecule has 9 heteroatoms. The molecule has 2 aromatic rings. The molecule has 0 unspecified atom stereocenters. The number of anilines is 1. The molecule has 0 spiro atoms. The number of alkyl halides is 3. The van der Waals surface area contributed by atoms with Crippen LogP contribution in [0, 0.1) is 22.7 Å². The van der Waals surface area contributed by atoms with Gasteiger partial charge in [0.25, 0.3) is 5.91 Å². The first-order chi connectivity index (χ1) is 16.3. The zero-order chi connectivity index (χ0) is 24.3. The maximum atomic E-state index is 13.5. The Balaban J connectivity index is 1.51. The van der Waals surface area contributed by atoms with E-state index in [1.54, 1.807) is 36.3 Å². The van der Waals surface area contributed by atoms with E-state index in [0.717, 1.165) is 12.5 Å². The number of rotatable bonds is 6. The lowest BCUT2D eigenvalue weighted by atomic mass is 9.74. The largest absolute Gasteiger partial charge is 0.484 e. The molecule has 2 saturated heterocycles. The van der Waals surface area contributed by atoms with Crippen LogP contribution < -0.4 is 9.64 Å². The summed E-state index contributed by atoms with van der Waals surface area (Å²) in [5.41, 5.74) is -1.31. The molecule has 2 heterocycles. The molecule has 0 aliphatic carbocycles. The Morgan fingerprint density at radius 3 is 2.65 bits per heavy atom. The summed E-state index contributed by atoms with van der Waals surface area (Å²) >= 11 is 0. The van der Waals surface area contributed by atoms with Gasteiger partial charge in [-0.15, -0.1) is 0 Å². The van der Waals surface area contributed by atoms with Crippen molar-refractivity contribution in [2.24, 2.45) is 11.3 Å². The minimum atomic E-state index is -4.61. The van der Waals surface area contributed by atoms with Crippen molar-refractivity contribution in [3.8, 4) is 11.8 Å². The van der Waals surface area contributed by atoms with Crippen molar-refractivity contribution in [1.82, 2.24) is 4.90 Å². The van der Waals surface area contributed by atoms with Crippen molar-refractivity contribution < 1.29 is 27.4 Å². The highest BCUT2D eigenvalue weighted by Gasteiger charge is 2.51. The summed E-state index contributed by atoms with van der Waals surface area (Å²) in [7, 11) is 1.59. The summed E-state index contributed by atoms with van der Waals surface area (Å²) in [6.45, 7) is 2.34. The number of piperidine rings is 1. The van der Waals surface area contributed by atoms with Gasteiger partial charge in [0.2, 0.25) is 0 Å². The highest BCUT2D eigenvalue weighted by molar-refractivity contribution is 5.78. The van der Waals surface area contributed by atoms with E-state index in [4.69, 9.17) is 14.7 Å². The van der Waals surface area contributed by atoms with Gasteiger partial charge in [0.15, 0.2) is 6.61 Å². The summed E-state index contributed by atoms with van der Waals surface area (Å²) in [6.07, 6.45) is -3.89. The molecule has 6 nitrogen and oxygen atoms in total. The average molecular weight is 473 g/mol. The Kier molecular flexibility index (Phi) is 6.71. The third kappa shape index (κ3) is 4.82. The normalized spacial score (nSPS) is 22.3.